The molecule has 1 aromatic rings. The predicted octanol–water partition coefficient (Wildman–Crippen LogP) is 3.11. The molecule has 0 aromatic heterocycles. The molecular formula is C11H9BrO2S. The number of methoxy groups -OCH3 is 1. The molecule has 0 amide bonds. The summed E-state index contributed by atoms with van der Waals surface area (Å²) in [6.45, 7) is 0. The number of ether oxygens (including phenoxy) is 1. The summed E-state index contributed by atoms with van der Waals surface area (Å²) in [5.74, 6) is -0.204. The van der Waals surface area contributed by atoms with Crippen LogP contribution in [-0.4, -0.2) is 18.3 Å². The van der Waals surface area contributed by atoms with Crippen LogP contribution < -0.4 is 0 Å². The first kappa shape index (κ1) is 10.8. The van der Waals surface area contributed by atoms with Gasteiger partial charge in [0.1, 0.15) is 5.25 Å². The van der Waals surface area contributed by atoms with Crippen LogP contribution in [0.5, 0.6) is 0 Å². The van der Waals surface area contributed by atoms with E-state index in [1.807, 2.05) is 30.4 Å². The SMILES string of the molecule is COC(=O)C1C=Cc2cc(Br)ccc2S1. The van der Waals surface area contributed by atoms with Crippen LogP contribution in [0.2, 0.25) is 0 Å². The molecule has 0 bridgehead atoms. The van der Waals surface area contributed by atoms with Crippen molar-refractivity contribution in [3.05, 3.63) is 34.3 Å². The lowest BCUT2D eigenvalue weighted by molar-refractivity contribution is -0.139. The maximum Gasteiger partial charge on any atom is 0.323 e. The van der Waals surface area contributed by atoms with Gasteiger partial charge in [0.15, 0.2) is 0 Å². The van der Waals surface area contributed by atoms with Crippen LogP contribution >= 0.6 is 27.7 Å². The number of benzene rings is 1. The van der Waals surface area contributed by atoms with Crippen molar-refractivity contribution in [3.8, 4) is 0 Å². The summed E-state index contributed by atoms with van der Waals surface area (Å²) in [4.78, 5) is 12.4. The van der Waals surface area contributed by atoms with E-state index in [4.69, 9.17) is 4.74 Å². The number of thioether (sulfide) groups is 1. The third-order valence-corrected chi connectivity index (χ3v) is 3.83. The van der Waals surface area contributed by atoms with Crippen molar-refractivity contribution in [1.29, 1.82) is 0 Å². The van der Waals surface area contributed by atoms with Gasteiger partial charge in [0.25, 0.3) is 0 Å². The normalized spacial score (nSPS) is 18.4. The van der Waals surface area contributed by atoms with E-state index in [1.54, 1.807) is 0 Å². The minimum Gasteiger partial charge on any atom is -0.468 e. The summed E-state index contributed by atoms with van der Waals surface area (Å²) in [7, 11) is 1.41. The fourth-order valence-electron chi connectivity index (χ4n) is 1.37. The van der Waals surface area contributed by atoms with E-state index in [0.717, 1.165) is 14.9 Å². The summed E-state index contributed by atoms with van der Waals surface area (Å²) in [6, 6.07) is 6.01. The fourth-order valence-corrected chi connectivity index (χ4v) is 2.78. The number of fused-ring (bicyclic) bond motifs is 1. The standard InChI is InChI=1S/C11H9BrO2S/c1-14-11(13)10-4-2-7-6-8(12)3-5-9(7)15-10/h2-6,10H,1H3. The molecule has 1 aromatic carbocycles. The second-order valence-corrected chi connectivity index (χ2v) is 5.20. The fraction of sp³-hybridized carbons (Fsp3) is 0.182. The van der Waals surface area contributed by atoms with Crippen molar-refractivity contribution >= 4 is 39.7 Å². The summed E-state index contributed by atoms with van der Waals surface area (Å²) in [5.41, 5.74) is 1.13. The number of halogens is 1. The second-order valence-electron chi connectivity index (χ2n) is 3.10. The Labute approximate surface area is 101 Å². The van der Waals surface area contributed by atoms with Gasteiger partial charge in [0, 0.05) is 9.37 Å². The molecule has 4 heteroatoms. The van der Waals surface area contributed by atoms with Crippen molar-refractivity contribution in [3.63, 3.8) is 0 Å². The molecule has 1 aliphatic heterocycles. The van der Waals surface area contributed by atoms with Crippen molar-refractivity contribution < 1.29 is 9.53 Å². The topological polar surface area (TPSA) is 26.3 Å². The largest absolute Gasteiger partial charge is 0.468 e. The van der Waals surface area contributed by atoms with E-state index in [2.05, 4.69) is 15.9 Å². The molecule has 1 aliphatic rings. The van der Waals surface area contributed by atoms with Crippen LogP contribution in [0.3, 0.4) is 0 Å². The van der Waals surface area contributed by atoms with Crippen molar-refractivity contribution in [1.82, 2.24) is 0 Å². The number of carbonyl (C=O) groups is 1. The average molecular weight is 285 g/mol. The lowest BCUT2D eigenvalue weighted by Gasteiger charge is -2.16. The third kappa shape index (κ3) is 2.26. The van der Waals surface area contributed by atoms with Gasteiger partial charge in [-0.1, -0.05) is 28.1 Å². The Morgan fingerprint density at radius 1 is 1.53 bits per heavy atom. The van der Waals surface area contributed by atoms with Gasteiger partial charge in [-0.3, -0.25) is 4.79 Å². The molecule has 2 nitrogen and oxygen atoms in total. The predicted molar refractivity (Wildman–Crippen MR) is 64.8 cm³/mol. The molecule has 0 saturated carbocycles. The first-order valence-electron chi connectivity index (χ1n) is 4.43. The molecule has 0 saturated heterocycles. The van der Waals surface area contributed by atoms with E-state index in [1.165, 1.54) is 18.9 Å². The molecule has 1 atom stereocenters. The van der Waals surface area contributed by atoms with Crippen molar-refractivity contribution in [2.45, 2.75) is 10.1 Å². The molecule has 78 valence electrons. The number of esters is 1. The Morgan fingerprint density at radius 2 is 2.33 bits per heavy atom. The molecular weight excluding hydrogens is 276 g/mol. The van der Waals surface area contributed by atoms with Gasteiger partial charge in [-0.2, -0.15) is 0 Å². The van der Waals surface area contributed by atoms with Gasteiger partial charge >= 0.3 is 5.97 Å². The first-order chi connectivity index (χ1) is 7.20. The summed E-state index contributed by atoms with van der Waals surface area (Å²) in [6.07, 6.45) is 3.82. The van der Waals surface area contributed by atoms with Gasteiger partial charge in [-0.15, -0.1) is 11.8 Å². The maximum absolute atomic E-state index is 11.3. The zero-order valence-corrected chi connectivity index (χ0v) is 10.5. The maximum atomic E-state index is 11.3. The highest BCUT2D eigenvalue weighted by atomic mass is 79.9. The molecule has 1 unspecified atom stereocenters. The van der Waals surface area contributed by atoms with Gasteiger partial charge in [-0.25, -0.2) is 0 Å². The minimum absolute atomic E-state index is 0.204. The third-order valence-electron chi connectivity index (χ3n) is 2.11. The Bertz CT molecular complexity index is 429. The first-order valence-corrected chi connectivity index (χ1v) is 6.10. The van der Waals surface area contributed by atoms with Gasteiger partial charge in [0.05, 0.1) is 7.11 Å². The molecule has 0 N–H and O–H groups in total. The number of hydrogen-bond donors (Lipinski definition) is 0. The van der Waals surface area contributed by atoms with Crippen LogP contribution in [0.1, 0.15) is 5.56 Å². The highest BCUT2D eigenvalue weighted by molar-refractivity contribution is 9.10. The van der Waals surface area contributed by atoms with Crippen LogP contribution in [-0.2, 0) is 9.53 Å². The minimum atomic E-state index is -0.219. The highest BCUT2D eigenvalue weighted by Gasteiger charge is 2.21. The molecule has 0 spiro atoms. The second kappa shape index (κ2) is 4.41. The number of hydrogen-bond acceptors (Lipinski definition) is 3. The van der Waals surface area contributed by atoms with E-state index in [-0.39, 0.29) is 11.2 Å². The zero-order valence-electron chi connectivity index (χ0n) is 8.07. The molecule has 1 heterocycles. The zero-order chi connectivity index (χ0) is 10.8. The van der Waals surface area contributed by atoms with Crippen molar-refractivity contribution in [2.75, 3.05) is 7.11 Å². The van der Waals surface area contributed by atoms with E-state index in [0.29, 0.717) is 0 Å². The van der Waals surface area contributed by atoms with E-state index >= 15 is 0 Å². The number of carbonyl (C=O) groups excluding carboxylic acids is 1. The highest BCUT2D eigenvalue weighted by Crippen LogP contribution is 2.35. The molecule has 0 radical (unpaired) electrons. The summed E-state index contributed by atoms with van der Waals surface area (Å²) in [5, 5.41) is -0.219. The van der Waals surface area contributed by atoms with Crippen molar-refractivity contribution in [2.24, 2.45) is 0 Å². The van der Waals surface area contributed by atoms with E-state index in [9.17, 15) is 4.79 Å². The van der Waals surface area contributed by atoms with Crippen LogP contribution in [0, 0.1) is 0 Å². The van der Waals surface area contributed by atoms with Gasteiger partial charge in [-0.05, 0) is 23.8 Å². The summed E-state index contributed by atoms with van der Waals surface area (Å²) < 4.78 is 5.75. The monoisotopic (exact) mass is 284 g/mol. The van der Waals surface area contributed by atoms with Crippen LogP contribution in [0.15, 0.2) is 33.6 Å². The number of rotatable bonds is 1. The van der Waals surface area contributed by atoms with Crippen LogP contribution in [0.25, 0.3) is 6.08 Å². The Morgan fingerprint density at radius 3 is 3.07 bits per heavy atom. The van der Waals surface area contributed by atoms with Gasteiger partial charge in [0.2, 0.25) is 0 Å². The lowest BCUT2D eigenvalue weighted by atomic mass is 10.2. The Hall–Kier alpha value is -0.740. The van der Waals surface area contributed by atoms with E-state index < -0.39 is 0 Å². The molecule has 15 heavy (non-hydrogen) atoms. The molecule has 2 rings (SSSR count). The lowest BCUT2D eigenvalue weighted by Crippen LogP contribution is -2.17. The Balaban J connectivity index is 2.28. The quantitative estimate of drug-likeness (QED) is 0.742. The average Bonchev–Trinajstić information content (AvgIpc) is 2.27. The summed E-state index contributed by atoms with van der Waals surface area (Å²) >= 11 is 4.93. The molecule has 0 fully saturated rings. The smallest absolute Gasteiger partial charge is 0.323 e. The van der Waals surface area contributed by atoms with Gasteiger partial charge < -0.3 is 4.74 Å². The molecule has 0 aliphatic carbocycles. The van der Waals surface area contributed by atoms with Crippen LogP contribution in [0.4, 0.5) is 0 Å². The Kier molecular flexibility index (Phi) is 3.17.